The molecule has 0 aromatic carbocycles. The van der Waals surface area contributed by atoms with Gasteiger partial charge in [-0.3, -0.25) is 4.68 Å². The number of halogens is 1. The molecule has 1 unspecified atom stereocenters. The van der Waals surface area contributed by atoms with Crippen LogP contribution in [0, 0.1) is 12.3 Å². The molecule has 0 fully saturated rings. The Hall–Kier alpha value is -0.790. The fourth-order valence-corrected chi connectivity index (χ4v) is 1.63. The summed E-state index contributed by atoms with van der Waals surface area (Å²) in [5.41, 5.74) is 1.10. The molecule has 1 aromatic heterocycles. The van der Waals surface area contributed by atoms with Crippen molar-refractivity contribution in [3.05, 3.63) is 16.4 Å². The molecular formula is C9H12BrN3. The lowest BCUT2D eigenvalue weighted by Crippen LogP contribution is -2.15. The van der Waals surface area contributed by atoms with Crippen LogP contribution in [0.15, 0.2) is 10.8 Å². The molecular weight excluding hydrogens is 230 g/mol. The van der Waals surface area contributed by atoms with E-state index in [-0.39, 0.29) is 6.04 Å². The second-order valence-electron chi connectivity index (χ2n) is 2.76. The van der Waals surface area contributed by atoms with Crippen molar-refractivity contribution in [3.8, 4) is 12.3 Å². The molecule has 3 nitrogen and oxygen atoms in total. The highest BCUT2D eigenvalue weighted by Crippen LogP contribution is 2.24. The molecule has 4 heteroatoms. The average Bonchev–Trinajstić information content (AvgIpc) is 2.45. The Morgan fingerprint density at radius 2 is 2.54 bits per heavy atom. The number of hydrogen-bond acceptors (Lipinski definition) is 2. The van der Waals surface area contributed by atoms with Crippen LogP contribution in [0.5, 0.6) is 0 Å². The lowest BCUT2D eigenvalue weighted by molar-refractivity contribution is 0.607. The van der Waals surface area contributed by atoms with Gasteiger partial charge in [-0.15, -0.1) is 12.3 Å². The van der Waals surface area contributed by atoms with Crippen LogP contribution in [-0.4, -0.2) is 16.8 Å². The smallest absolute Gasteiger partial charge is 0.108 e. The van der Waals surface area contributed by atoms with Crippen molar-refractivity contribution < 1.29 is 0 Å². The van der Waals surface area contributed by atoms with Crippen molar-refractivity contribution in [1.82, 2.24) is 15.1 Å². The van der Waals surface area contributed by atoms with Gasteiger partial charge >= 0.3 is 0 Å². The Kier molecular flexibility index (Phi) is 3.52. The molecule has 0 aliphatic rings. The lowest BCUT2D eigenvalue weighted by Gasteiger charge is -2.11. The minimum atomic E-state index is 0.174. The number of nitrogens with one attached hydrogen (secondary N) is 1. The van der Waals surface area contributed by atoms with Crippen LogP contribution in [0.3, 0.4) is 0 Å². The number of hydrogen-bond donors (Lipinski definition) is 1. The normalized spacial score (nSPS) is 12.5. The summed E-state index contributed by atoms with van der Waals surface area (Å²) in [6.07, 6.45) is 7.76. The highest BCUT2D eigenvalue weighted by atomic mass is 79.9. The van der Waals surface area contributed by atoms with Crippen molar-refractivity contribution in [2.45, 2.75) is 12.5 Å². The lowest BCUT2D eigenvalue weighted by atomic mass is 10.1. The first-order chi connectivity index (χ1) is 6.20. The molecule has 70 valence electrons. The van der Waals surface area contributed by atoms with Crippen molar-refractivity contribution in [2.24, 2.45) is 7.05 Å². The summed E-state index contributed by atoms with van der Waals surface area (Å²) in [4.78, 5) is 0. The van der Waals surface area contributed by atoms with Gasteiger partial charge in [0.15, 0.2) is 0 Å². The van der Waals surface area contributed by atoms with E-state index in [1.165, 1.54) is 0 Å². The number of rotatable bonds is 3. The van der Waals surface area contributed by atoms with E-state index in [4.69, 9.17) is 6.42 Å². The fraction of sp³-hybridized carbons (Fsp3) is 0.444. The number of nitrogens with zero attached hydrogens (tertiary/aromatic N) is 2. The van der Waals surface area contributed by atoms with Crippen molar-refractivity contribution in [1.29, 1.82) is 0 Å². The van der Waals surface area contributed by atoms with Gasteiger partial charge in [0.2, 0.25) is 0 Å². The van der Waals surface area contributed by atoms with Crippen LogP contribution >= 0.6 is 15.9 Å². The number of aryl methyl sites for hydroxylation is 1. The second-order valence-corrected chi connectivity index (χ2v) is 3.51. The maximum atomic E-state index is 5.27. The van der Waals surface area contributed by atoms with Crippen molar-refractivity contribution >= 4 is 15.9 Å². The van der Waals surface area contributed by atoms with Crippen molar-refractivity contribution in [3.63, 3.8) is 0 Å². The van der Waals surface area contributed by atoms with Gasteiger partial charge in [-0.2, -0.15) is 5.10 Å². The van der Waals surface area contributed by atoms with E-state index in [1.807, 2.05) is 20.3 Å². The molecule has 0 spiro atoms. The molecule has 1 N–H and O–H groups in total. The summed E-state index contributed by atoms with van der Waals surface area (Å²) in [5.74, 6) is 2.63. The summed E-state index contributed by atoms with van der Waals surface area (Å²) in [7, 11) is 3.78. The molecule has 0 aliphatic carbocycles. The minimum absolute atomic E-state index is 0.174. The molecule has 0 amide bonds. The van der Waals surface area contributed by atoms with Crippen LogP contribution in [-0.2, 0) is 7.05 Å². The van der Waals surface area contributed by atoms with E-state index < -0.39 is 0 Å². The van der Waals surface area contributed by atoms with Gasteiger partial charge in [-0.25, -0.2) is 0 Å². The molecule has 0 saturated heterocycles. The number of terminal acetylenes is 1. The van der Waals surface area contributed by atoms with E-state index in [1.54, 1.807) is 4.68 Å². The van der Waals surface area contributed by atoms with Crippen LogP contribution in [0.25, 0.3) is 0 Å². The Labute approximate surface area is 86.6 Å². The molecule has 0 aliphatic heterocycles. The first kappa shape index (κ1) is 10.3. The third-order valence-corrected chi connectivity index (χ3v) is 2.91. The first-order valence-electron chi connectivity index (χ1n) is 3.98. The Bertz CT molecular complexity index is 324. The highest BCUT2D eigenvalue weighted by Gasteiger charge is 2.14. The topological polar surface area (TPSA) is 29.9 Å². The summed E-state index contributed by atoms with van der Waals surface area (Å²) >= 11 is 3.45. The van der Waals surface area contributed by atoms with Gasteiger partial charge in [0, 0.05) is 25.1 Å². The molecule has 1 heterocycles. The van der Waals surface area contributed by atoms with Crippen LogP contribution < -0.4 is 5.32 Å². The van der Waals surface area contributed by atoms with Gasteiger partial charge in [0.1, 0.15) is 4.60 Å². The van der Waals surface area contributed by atoms with Crippen molar-refractivity contribution in [2.75, 3.05) is 7.05 Å². The van der Waals surface area contributed by atoms with E-state index >= 15 is 0 Å². The largest absolute Gasteiger partial charge is 0.312 e. The maximum absolute atomic E-state index is 5.27. The Morgan fingerprint density at radius 1 is 1.85 bits per heavy atom. The maximum Gasteiger partial charge on any atom is 0.108 e. The average molecular weight is 242 g/mol. The van der Waals surface area contributed by atoms with Gasteiger partial charge in [0.25, 0.3) is 0 Å². The van der Waals surface area contributed by atoms with E-state index in [2.05, 4.69) is 32.3 Å². The quantitative estimate of drug-likeness (QED) is 0.813. The van der Waals surface area contributed by atoms with Crippen LogP contribution in [0.1, 0.15) is 18.0 Å². The molecule has 1 rings (SSSR count). The van der Waals surface area contributed by atoms with Gasteiger partial charge in [-0.1, -0.05) is 0 Å². The SMILES string of the molecule is C#CCC(NC)c1cnn(C)c1Br. The predicted molar refractivity (Wildman–Crippen MR) is 56.2 cm³/mol. The standard InChI is InChI=1S/C9H12BrN3/c1-4-5-8(11-2)7-6-12-13(3)9(7)10/h1,6,8,11H,5H2,2-3H3. The molecule has 1 aromatic rings. The molecule has 0 saturated carbocycles. The molecule has 0 bridgehead atoms. The third-order valence-electron chi connectivity index (χ3n) is 1.94. The molecule has 13 heavy (non-hydrogen) atoms. The first-order valence-corrected chi connectivity index (χ1v) is 4.78. The van der Waals surface area contributed by atoms with E-state index in [0.717, 1.165) is 10.2 Å². The molecule has 1 atom stereocenters. The zero-order valence-electron chi connectivity index (χ0n) is 7.71. The van der Waals surface area contributed by atoms with E-state index in [0.29, 0.717) is 6.42 Å². The van der Waals surface area contributed by atoms with Crippen LogP contribution in [0.4, 0.5) is 0 Å². The van der Waals surface area contributed by atoms with Crippen LogP contribution in [0.2, 0.25) is 0 Å². The zero-order chi connectivity index (χ0) is 9.84. The summed E-state index contributed by atoms with van der Waals surface area (Å²) in [6, 6.07) is 0.174. The fourth-order valence-electron chi connectivity index (χ4n) is 1.16. The molecule has 0 radical (unpaired) electrons. The van der Waals surface area contributed by atoms with Gasteiger partial charge < -0.3 is 5.32 Å². The van der Waals surface area contributed by atoms with E-state index in [9.17, 15) is 0 Å². The Morgan fingerprint density at radius 3 is 2.92 bits per heavy atom. The summed E-state index contributed by atoms with van der Waals surface area (Å²) < 4.78 is 2.75. The summed E-state index contributed by atoms with van der Waals surface area (Å²) in [5, 5.41) is 7.28. The zero-order valence-corrected chi connectivity index (χ0v) is 9.30. The second kappa shape index (κ2) is 4.45. The number of aromatic nitrogens is 2. The monoisotopic (exact) mass is 241 g/mol. The van der Waals surface area contributed by atoms with Gasteiger partial charge in [0.05, 0.1) is 6.20 Å². The minimum Gasteiger partial charge on any atom is -0.312 e. The van der Waals surface area contributed by atoms with Gasteiger partial charge in [-0.05, 0) is 23.0 Å². The Balaban J connectivity index is 2.92. The third kappa shape index (κ3) is 2.11. The predicted octanol–water partition coefficient (Wildman–Crippen LogP) is 1.47. The highest BCUT2D eigenvalue weighted by molar-refractivity contribution is 9.10. The summed E-state index contributed by atoms with van der Waals surface area (Å²) in [6.45, 7) is 0.